The van der Waals surface area contributed by atoms with E-state index in [2.05, 4.69) is 5.32 Å². The molecule has 0 unspecified atom stereocenters. The highest BCUT2D eigenvalue weighted by molar-refractivity contribution is 6.30. The van der Waals surface area contributed by atoms with Crippen LogP contribution in [0, 0.1) is 5.92 Å². The number of benzene rings is 2. The topological polar surface area (TPSA) is 86.8 Å². The summed E-state index contributed by atoms with van der Waals surface area (Å²) in [5, 5.41) is 3.53. The summed E-state index contributed by atoms with van der Waals surface area (Å²) in [4.78, 5) is 54.3. The van der Waals surface area contributed by atoms with E-state index in [1.54, 1.807) is 41.3 Å². The smallest absolute Gasteiger partial charge is 0.261 e. The van der Waals surface area contributed by atoms with Crippen LogP contribution in [-0.4, -0.2) is 52.6 Å². The van der Waals surface area contributed by atoms with Crippen LogP contribution in [0.4, 0.5) is 0 Å². The fraction of sp³-hybridized carbons (Fsp3) is 0.407. The second-order valence-electron chi connectivity index (χ2n) is 9.12. The molecule has 2 aromatic rings. The third-order valence-corrected chi connectivity index (χ3v) is 6.24. The van der Waals surface area contributed by atoms with Crippen LogP contribution in [0.25, 0.3) is 0 Å². The Bertz CT molecular complexity index is 1050. The molecule has 0 saturated carbocycles. The molecule has 3 rings (SSSR count). The normalized spacial score (nSPS) is 13.7. The quantitative estimate of drug-likeness (QED) is 0.469. The second-order valence-corrected chi connectivity index (χ2v) is 9.56. The molecule has 0 fully saturated rings. The Labute approximate surface area is 211 Å². The van der Waals surface area contributed by atoms with Crippen LogP contribution >= 0.6 is 11.6 Å². The van der Waals surface area contributed by atoms with Crippen LogP contribution in [-0.2, 0) is 16.1 Å². The van der Waals surface area contributed by atoms with Crippen LogP contribution in [0.5, 0.6) is 0 Å². The van der Waals surface area contributed by atoms with Crippen molar-refractivity contribution >= 4 is 35.2 Å². The zero-order chi connectivity index (χ0) is 25.5. The Balaban J connectivity index is 1.69. The molecule has 0 aliphatic carbocycles. The summed E-state index contributed by atoms with van der Waals surface area (Å²) in [6.07, 6.45) is 0.877. The fourth-order valence-corrected chi connectivity index (χ4v) is 4.23. The van der Waals surface area contributed by atoms with Gasteiger partial charge in [-0.3, -0.25) is 24.1 Å². The lowest BCUT2D eigenvalue weighted by Gasteiger charge is -2.31. The highest BCUT2D eigenvalue weighted by atomic mass is 35.5. The van der Waals surface area contributed by atoms with Gasteiger partial charge in [-0.1, -0.05) is 56.6 Å². The predicted molar refractivity (Wildman–Crippen MR) is 135 cm³/mol. The highest BCUT2D eigenvalue weighted by Gasteiger charge is 2.35. The first-order valence-corrected chi connectivity index (χ1v) is 12.4. The molecule has 186 valence electrons. The summed E-state index contributed by atoms with van der Waals surface area (Å²) in [6.45, 7) is 6.83. The van der Waals surface area contributed by atoms with E-state index in [0.717, 1.165) is 5.56 Å². The van der Waals surface area contributed by atoms with Gasteiger partial charge in [0.15, 0.2) is 0 Å². The summed E-state index contributed by atoms with van der Waals surface area (Å²) in [5.74, 6) is -0.783. The van der Waals surface area contributed by atoms with Crippen molar-refractivity contribution in [2.24, 2.45) is 5.92 Å². The van der Waals surface area contributed by atoms with Crippen molar-refractivity contribution in [1.82, 2.24) is 15.1 Å². The summed E-state index contributed by atoms with van der Waals surface area (Å²) in [7, 11) is 0. The summed E-state index contributed by atoms with van der Waals surface area (Å²) in [6, 6.07) is 13.3. The van der Waals surface area contributed by atoms with Crippen molar-refractivity contribution in [2.75, 3.05) is 13.1 Å². The molecule has 1 N–H and O–H groups in total. The average Bonchev–Trinajstić information content (AvgIpc) is 3.08. The predicted octanol–water partition coefficient (Wildman–Crippen LogP) is 4.30. The maximum absolute atomic E-state index is 13.3. The third-order valence-electron chi connectivity index (χ3n) is 5.99. The lowest BCUT2D eigenvalue weighted by molar-refractivity contribution is -0.141. The Morgan fingerprint density at radius 2 is 1.60 bits per heavy atom. The largest absolute Gasteiger partial charge is 0.354 e. The van der Waals surface area contributed by atoms with Gasteiger partial charge in [-0.05, 0) is 48.6 Å². The molecule has 0 aromatic heterocycles. The van der Waals surface area contributed by atoms with Crippen LogP contribution in [0.1, 0.15) is 66.3 Å². The minimum absolute atomic E-state index is 0.106. The lowest BCUT2D eigenvalue weighted by Crippen LogP contribution is -2.49. The monoisotopic (exact) mass is 497 g/mol. The number of hydrogen-bond acceptors (Lipinski definition) is 4. The Morgan fingerprint density at radius 1 is 1.00 bits per heavy atom. The van der Waals surface area contributed by atoms with Crippen molar-refractivity contribution in [1.29, 1.82) is 0 Å². The molecule has 35 heavy (non-hydrogen) atoms. The van der Waals surface area contributed by atoms with E-state index < -0.39 is 6.04 Å². The first-order chi connectivity index (χ1) is 16.7. The number of hydrogen-bond donors (Lipinski definition) is 1. The molecule has 1 heterocycles. The van der Waals surface area contributed by atoms with Crippen molar-refractivity contribution in [2.45, 2.75) is 52.6 Å². The first-order valence-electron chi connectivity index (χ1n) is 12.0. The summed E-state index contributed by atoms with van der Waals surface area (Å²) >= 11 is 6.01. The molecule has 1 aliphatic rings. The van der Waals surface area contributed by atoms with Crippen molar-refractivity contribution < 1.29 is 19.2 Å². The second kappa shape index (κ2) is 12.0. The zero-order valence-corrected chi connectivity index (χ0v) is 21.2. The third kappa shape index (κ3) is 6.48. The fourth-order valence-electron chi connectivity index (χ4n) is 4.10. The van der Waals surface area contributed by atoms with E-state index in [9.17, 15) is 19.2 Å². The molecule has 0 bridgehead atoms. The number of carbonyl (C=O) groups excluding carboxylic acids is 4. The van der Waals surface area contributed by atoms with E-state index in [-0.39, 0.29) is 49.1 Å². The van der Waals surface area contributed by atoms with E-state index >= 15 is 0 Å². The molecule has 7 nitrogen and oxygen atoms in total. The molecular weight excluding hydrogens is 466 g/mol. The number of amides is 4. The average molecular weight is 498 g/mol. The SMILES string of the molecule is CC[C@@H](C(=O)NCC(C)C)N(Cc1ccc(Cl)cc1)C(=O)CCCN1C(=O)c2ccccc2C1=O. The molecule has 2 aromatic carbocycles. The van der Waals surface area contributed by atoms with Gasteiger partial charge in [-0.2, -0.15) is 0 Å². The Morgan fingerprint density at radius 3 is 2.14 bits per heavy atom. The number of nitrogens with zero attached hydrogens (tertiary/aromatic N) is 2. The molecule has 4 amide bonds. The summed E-state index contributed by atoms with van der Waals surface area (Å²) < 4.78 is 0. The van der Waals surface area contributed by atoms with E-state index in [1.807, 2.05) is 32.9 Å². The van der Waals surface area contributed by atoms with Crippen LogP contribution in [0.15, 0.2) is 48.5 Å². The molecule has 1 aliphatic heterocycles. The maximum Gasteiger partial charge on any atom is 0.261 e. The molecular formula is C27H32ClN3O4. The van der Waals surface area contributed by atoms with Crippen molar-refractivity contribution in [3.05, 3.63) is 70.2 Å². The van der Waals surface area contributed by atoms with E-state index in [0.29, 0.717) is 35.5 Å². The number of nitrogens with one attached hydrogen (secondary N) is 1. The van der Waals surface area contributed by atoms with Crippen molar-refractivity contribution in [3.63, 3.8) is 0 Å². The maximum atomic E-state index is 13.3. The van der Waals surface area contributed by atoms with Crippen molar-refractivity contribution in [3.8, 4) is 0 Å². The number of rotatable bonds is 11. The number of halogens is 1. The van der Waals surface area contributed by atoms with Gasteiger partial charge < -0.3 is 10.2 Å². The molecule has 0 saturated heterocycles. The molecule has 0 spiro atoms. The van der Waals surface area contributed by atoms with Crippen LogP contribution in [0.2, 0.25) is 5.02 Å². The first kappa shape index (κ1) is 26.4. The van der Waals surface area contributed by atoms with E-state index in [1.165, 1.54) is 4.90 Å². The minimum atomic E-state index is -0.628. The highest BCUT2D eigenvalue weighted by Crippen LogP contribution is 2.23. The molecule has 0 radical (unpaired) electrons. The van der Waals surface area contributed by atoms with Gasteiger partial charge in [0, 0.05) is 31.1 Å². The number of imide groups is 1. The number of carbonyl (C=O) groups is 4. The van der Waals surface area contributed by atoms with Gasteiger partial charge in [0.2, 0.25) is 11.8 Å². The zero-order valence-electron chi connectivity index (χ0n) is 20.4. The summed E-state index contributed by atoms with van der Waals surface area (Å²) in [5.41, 5.74) is 1.64. The van der Waals surface area contributed by atoms with Gasteiger partial charge in [0.25, 0.3) is 11.8 Å². The molecule has 1 atom stereocenters. The lowest BCUT2D eigenvalue weighted by atomic mass is 10.1. The van der Waals surface area contributed by atoms with Crippen LogP contribution in [0.3, 0.4) is 0 Å². The Kier molecular flexibility index (Phi) is 9.04. The minimum Gasteiger partial charge on any atom is -0.354 e. The van der Waals surface area contributed by atoms with E-state index in [4.69, 9.17) is 11.6 Å². The number of fused-ring (bicyclic) bond motifs is 1. The van der Waals surface area contributed by atoms with Gasteiger partial charge >= 0.3 is 0 Å². The van der Waals surface area contributed by atoms with Gasteiger partial charge in [-0.25, -0.2) is 0 Å². The van der Waals surface area contributed by atoms with Crippen LogP contribution < -0.4 is 5.32 Å². The molecule has 8 heteroatoms. The van der Waals surface area contributed by atoms with Gasteiger partial charge in [0.05, 0.1) is 11.1 Å². The van der Waals surface area contributed by atoms with Gasteiger partial charge in [-0.15, -0.1) is 0 Å². The van der Waals surface area contributed by atoms with Gasteiger partial charge in [0.1, 0.15) is 6.04 Å². The standard InChI is InChI=1S/C27H32ClN3O4/c1-4-23(25(33)29-16-18(2)3)31(17-19-11-13-20(28)14-12-19)24(32)10-7-15-30-26(34)21-8-5-6-9-22(21)27(30)35/h5-6,8-9,11-14,18,23H,4,7,10,15-17H2,1-3H3,(H,29,33)/t23-/m0/s1. The Hall–Kier alpha value is -3.19.